The third-order valence-electron chi connectivity index (χ3n) is 4.40. The quantitative estimate of drug-likeness (QED) is 0.830. The van der Waals surface area contributed by atoms with Gasteiger partial charge >= 0.3 is 0 Å². The van der Waals surface area contributed by atoms with Crippen molar-refractivity contribution in [3.8, 4) is 11.5 Å². The molecule has 0 aromatic heterocycles. The summed E-state index contributed by atoms with van der Waals surface area (Å²) in [5.41, 5.74) is 0.665. The lowest BCUT2D eigenvalue weighted by molar-refractivity contribution is -0.0149. The molecule has 0 aliphatic carbocycles. The highest BCUT2D eigenvalue weighted by Crippen LogP contribution is 2.38. The largest absolute Gasteiger partial charge is 0.454 e. The molecule has 0 amide bonds. The number of benzene rings is 1. The maximum absolute atomic E-state index is 13.1. The van der Waals surface area contributed by atoms with Gasteiger partial charge in [0, 0.05) is 25.7 Å². The summed E-state index contributed by atoms with van der Waals surface area (Å²) >= 11 is 0. The molecule has 120 valence electrons. The molecule has 8 heteroatoms. The van der Waals surface area contributed by atoms with Gasteiger partial charge in [0.25, 0.3) is 0 Å². The first kappa shape index (κ1) is 14.3. The minimum atomic E-state index is -3.59. The molecule has 0 bridgehead atoms. The molecule has 2 saturated heterocycles. The van der Waals surface area contributed by atoms with Gasteiger partial charge in [-0.05, 0) is 18.6 Å². The van der Waals surface area contributed by atoms with Crippen LogP contribution in [-0.4, -0.2) is 57.9 Å². The van der Waals surface area contributed by atoms with Crippen molar-refractivity contribution in [3.63, 3.8) is 0 Å². The third kappa shape index (κ3) is 2.10. The molecule has 0 radical (unpaired) electrons. The second kappa shape index (κ2) is 5.09. The van der Waals surface area contributed by atoms with E-state index in [0.717, 1.165) is 0 Å². The van der Waals surface area contributed by atoms with Gasteiger partial charge in [-0.2, -0.15) is 4.31 Å². The Morgan fingerprint density at radius 1 is 1.23 bits per heavy atom. The summed E-state index contributed by atoms with van der Waals surface area (Å²) in [5.74, 6) is 1.08. The molecule has 1 aromatic rings. The lowest BCUT2D eigenvalue weighted by Gasteiger charge is -2.36. The number of fused-ring (bicyclic) bond motifs is 2. The van der Waals surface area contributed by atoms with Gasteiger partial charge in [0.1, 0.15) is 0 Å². The number of sulfonamides is 1. The number of rotatable bonds is 2. The van der Waals surface area contributed by atoms with Crippen LogP contribution < -0.4 is 14.8 Å². The van der Waals surface area contributed by atoms with E-state index in [1.807, 2.05) is 0 Å². The zero-order valence-electron chi connectivity index (χ0n) is 12.2. The standard InChI is InChI=1S/C14H18N2O5S/c1-9-4-11-12(21-8-20-11)5-14(9)22(17,18)16-2-3-19-13-7-15-6-10(13)16/h4-5,10,13,15H,2-3,6-8H2,1H3/t10-,13+/m1/s1. The molecule has 0 spiro atoms. The van der Waals surface area contributed by atoms with Crippen LogP contribution in [0.3, 0.4) is 0 Å². The summed E-state index contributed by atoms with van der Waals surface area (Å²) in [6, 6.07) is 3.14. The van der Waals surface area contributed by atoms with Crippen molar-refractivity contribution in [1.29, 1.82) is 0 Å². The summed E-state index contributed by atoms with van der Waals surface area (Å²) in [5, 5.41) is 3.20. The van der Waals surface area contributed by atoms with Crippen LogP contribution >= 0.6 is 0 Å². The second-order valence-electron chi connectivity index (χ2n) is 5.72. The van der Waals surface area contributed by atoms with Gasteiger partial charge in [-0.3, -0.25) is 0 Å². The first-order valence-corrected chi connectivity index (χ1v) is 8.76. The predicted octanol–water partition coefficient (Wildman–Crippen LogP) is 0.0850. The lowest BCUT2D eigenvalue weighted by Crippen LogP contribution is -2.53. The molecule has 7 nitrogen and oxygen atoms in total. The van der Waals surface area contributed by atoms with E-state index >= 15 is 0 Å². The number of nitrogens with one attached hydrogen (secondary N) is 1. The summed E-state index contributed by atoms with van der Waals surface area (Å²) in [4.78, 5) is 0.282. The van der Waals surface area contributed by atoms with Crippen LogP contribution in [-0.2, 0) is 14.8 Å². The van der Waals surface area contributed by atoms with E-state index < -0.39 is 10.0 Å². The Labute approximate surface area is 129 Å². The highest BCUT2D eigenvalue weighted by Gasteiger charge is 2.43. The van der Waals surface area contributed by atoms with Crippen molar-refractivity contribution in [3.05, 3.63) is 17.7 Å². The molecule has 1 N–H and O–H groups in total. The zero-order valence-corrected chi connectivity index (χ0v) is 13.1. The monoisotopic (exact) mass is 326 g/mol. The van der Waals surface area contributed by atoms with Crippen LogP contribution in [0.25, 0.3) is 0 Å². The fourth-order valence-corrected chi connectivity index (χ4v) is 5.14. The average Bonchev–Trinajstić information content (AvgIpc) is 3.13. The fourth-order valence-electron chi connectivity index (χ4n) is 3.29. The van der Waals surface area contributed by atoms with Gasteiger partial charge in [0.2, 0.25) is 16.8 Å². The van der Waals surface area contributed by atoms with Crippen molar-refractivity contribution in [1.82, 2.24) is 9.62 Å². The van der Waals surface area contributed by atoms with Crippen LogP contribution in [0.1, 0.15) is 5.56 Å². The van der Waals surface area contributed by atoms with E-state index in [4.69, 9.17) is 14.2 Å². The van der Waals surface area contributed by atoms with Crippen molar-refractivity contribution in [2.45, 2.75) is 24.0 Å². The maximum atomic E-state index is 13.1. The van der Waals surface area contributed by atoms with Gasteiger partial charge in [-0.25, -0.2) is 8.42 Å². The minimum absolute atomic E-state index is 0.0714. The Kier molecular flexibility index (Phi) is 3.30. The second-order valence-corrected chi connectivity index (χ2v) is 7.58. The van der Waals surface area contributed by atoms with Crippen molar-refractivity contribution < 1.29 is 22.6 Å². The smallest absolute Gasteiger partial charge is 0.243 e. The Hall–Kier alpha value is -1.35. The zero-order chi connectivity index (χ0) is 15.3. The molecule has 3 aliphatic heterocycles. The summed E-state index contributed by atoms with van der Waals surface area (Å²) in [6.45, 7) is 4.01. The molecule has 0 unspecified atom stereocenters. The van der Waals surface area contributed by atoms with Crippen molar-refractivity contribution >= 4 is 10.0 Å². The van der Waals surface area contributed by atoms with Crippen LogP contribution in [0.5, 0.6) is 11.5 Å². The summed E-state index contributed by atoms with van der Waals surface area (Å²) in [6.07, 6.45) is -0.0714. The lowest BCUT2D eigenvalue weighted by atomic mass is 10.2. The molecular weight excluding hydrogens is 308 g/mol. The van der Waals surface area contributed by atoms with E-state index in [2.05, 4.69) is 5.32 Å². The van der Waals surface area contributed by atoms with Gasteiger partial charge in [-0.1, -0.05) is 0 Å². The van der Waals surface area contributed by atoms with Gasteiger partial charge in [0.05, 0.1) is 23.6 Å². The highest BCUT2D eigenvalue weighted by molar-refractivity contribution is 7.89. The average molecular weight is 326 g/mol. The Balaban J connectivity index is 1.74. The van der Waals surface area contributed by atoms with Crippen LogP contribution in [0.4, 0.5) is 0 Å². The Morgan fingerprint density at radius 2 is 2.00 bits per heavy atom. The van der Waals surface area contributed by atoms with Crippen LogP contribution in [0.2, 0.25) is 0 Å². The molecule has 2 atom stereocenters. The predicted molar refractivity (Wildman–Crippen MR) is 77.6 cm³/mol. The number of ether oxygens (including phenoxy) is 3. The molecule has 1 aromatic carbocycles. The molecular formula is C14H18N2O5S. The molecule has 3 heterocycles. The van der Waals surface area contributed by atoms with Gasteiger partial charge in [0.15, 0.2) is 11.5 Å². The number of hydrogen-bond donors (Lipinski definition) is 1. The topological polar surface area (TPSA) is 77.1 Å². The summed E-state index contributed by atoms with van der Waals surface area (Å²) < 4.78 is 44.0. The fraction of sp³-hybridized carbons (Fsp3) is 0.571. The summed E-state index contributed by atoms with van der Waals surface area (Å²) in [7, 11) is -3.59. The van der Waals surface area contributed by atoms with Crippen LogP contribution in [0, 0.1) is 6.92 Å². The molecule has 22 heavy (non-hydrogen) atoms. The van der Waals surface area contributed by atoms with Crippen molar-refractivity contribution in [2.24, 2.45) is 0 Å². The maximum Gasteiger partial charge on any atom is 0.243 e. The molecule has 4 rings (SSSR count). The van der Waals surface area contributed by atoms with Crippen molar-refractivity contribution in [2.75, 3.05) is 33.0 Å². The highest BCUT2D eigenvalue weighted by atomic mass is 32.2. The van der Waals surface area contributed by atoms with E-state index in [-0.39, 0.29) is 23.8 Å². The molecule has 0 saturated carbocycles. The van der Waals surface area contributed by atoms with Crippen LogP contribution in [0.15, 0.2) is 17.0 Å². The number of nitrogens with zero attached hydrogens (tertiary/aromatic N) is 1. The third-order valence-corrected chi connectivity index (χ3v) is 6.46. The van der Waals surface area contributed by atoms with E-state index in [9.17, 15) is 8.42 Å². The molecule has 3 aliphatic rings. The van der Waals surface area contributed by atoms with Gasteiger partial charge in [-0.15, -0.1) is 0 Å². The number of morpholine rings is 1. The van der Waals surface area contributed by atoms with E-state index in [1.165, 1.54) is 0 Å². The molecule has 2 fully saturated rings. The Morgan fingerprint density at radius 3 is 2.82 bits per heavy atom. The minimum Gasteiger partial charge on any atom is -0.454 e. The first-order valence-electron chi connectivity index (χ1n) is 7.32. The first-order chi connectivity index (χ1) is 10.6. The number of aryl methyl sites for hydroxylation is 1. The normalized spacial score (nSPS) is 27.9. The van der Waals surface area contributed by atoms with E-state index in [1.54, 1.807) is 23.4 Å². The van der Waals surface area contributed by atoms with E-state index in [0.29, 0.717) is 43.3 Å². The Bertz CT molecular complexity index is 705. The SMILES string of the molecule is Cc1cc2c(cc1S(=O)(=O)N1CCO[C@H]3CNC[C@H]31)OCO2. The number of hydrogen-bond acceptors (Lipinski definition) is 6. The van der Waals surface area contributed by atoms with Gasteiger partial charge < -0.3 is 19.5 Å².